The summed E-state index contributed by atoms with van der Waals surface area (Å²) >= 11 is 0. The van der Waals surface area contributed by atoms with E-state index >= 15 is 0 Å². The van der Waals surface area contributed by atoms with Crippen molar-refractivity contribution in [2.75, 3.05) is 12.0 Å². The number of carbonyl (C=O) groups excluding carboxylic acids is 4. The van der Waals surface area contributed by atoms with Gasteiger partial charge < -0.3 is 19.5 Å². The minimum Gasteiger partial charge on any atom is -0.460 e. The number of ketones is 1. The molecule has 1 fully saturated rings. The standard InChI is InChI=1S/C25H25N3O13S/c1-42(37,38)14-21(41-25(32)40-13-16-4-8-18(9-5-16)28(35)36)23-20(26-24(23)31)10-19(29)11-22(30)39-12-15-2-6-17(7-3-15)27(33)34/h2-9,20-21,23H,10-14H2,1H3,(H,26,31)/t20-,21+,23-/m1/s1. The van der Waals surface area contributed by atoms with Gasteiger partial charge in [-0.15, -0.1) is 0 Å². The first-order valence-corrected chi connectivity index (χ1v) is 14.2. The largest absolute Gasteiger partial charge is 0.508 e. The van der Waals surface area contributed by atoms with E-state index in [0.717, 1.165) is 6.26 Å². The first-order valence-electron chi connectivity index (χ1n) is 12.2. The van der Waals surface area contributed by atoms with E-state index in [4.69, 9.17) is 14.2 Å². The third kappa shape index (κ3) is 9.33. The Morgan fingerprint density at radius 1 is 0.905 bits per heavy atom. The SMILES string of the molecule is CS(=O)(=O)C[C@H](OC(=O)OCc1ccc([N+](=O)[O-])cc1)[C@@H]1C(=O)N[C@@H]1CC(=O)CC(=O)OCc1ccc([N+](=O)[O-])cc1. The highest BCUT2D eigenvalue weighted by atomic mass is 32.2. The molecule has 2 aromatic carbocycles. The lowest BCUT2D eigenvalue weighted by atomic mass is 9.82. The highest BCUT2D eigenvalue weighted by Crippen LogP contribution is 2.27. The van der Waals surface area contributed by atoms with Crippen molar-refractivity contribution in [3.8, 4) is 0 Å². The van der Waals surface area contributed by atoms with Crippen molar-refractivity contribution in [2.45, 2.75) is 38.2 Å². The molecule has 16 nitrogen and oxygen atoms in total. The van der Waals surface area contributed by atoms with Crippen molar-refractivity contribution in [2.24, 2.45) is 5.92 Å². The highest BCUT2D eigenvalue weighted by Gasteiger charge is 2.48. The second-order valence-electron chi connectivity index (χ2n) is 9.36. The first-order chi connectivity index (χ1) is 19.7. The Morgan fingerprint density at radius 3 is 1.86 bits per heavy atom. The van der Waals surface area contributed by atoms with Crippen LogP contribution in [0.15, 0.2) is 48.5 Å². The quantitative estimate of drug-likeness (QED) is 0.106. The molecule has 1 N–H and O–H groups in total. The fourth-order valence-electron chi connectivity index (χ4n) is 3.99. The second kappa shape index (κ2) is 13.6. The topological polar surface area (TPSA) is 228 Å². The summed E-state index contributed by atoms with van der Waals surface area (Å²) in [5.41, 5.74) is 0.508. The van der Waals surface area contributed by atoms with E-state index in [1.54, 1.807) is 0 Å². The molecule has 0 aromatic heterocycles. The van der Waals surface area contributed by atoms with Gasteiger partial charge in [-0.2, -0.15) is 0 Å². The Hall–Kier alpha value is -4.93. The van der Waals surface area contributed by atoms with E-state index < -0.39 is 73.7 Å². The summed E-state index contributed by atoms with van der Waals surface area (Å²) in [6.45, 7) is -0.595. The molecule has 224 valence electrons. The minimum absolute atomic E-state index is 0.145. The number of nitrogens with zero attached hydrogens (tertiary/aromatic N) is 2. The van der Waals surface area contributed by atoms with Gasteiger partial charge in [-0.25, -0.2) is 13.2 Å². The second-order valence-corrected chi connectivity index (χ2v) is 11.5. The lowest BCUT2D eigenvalue weighted by molar-refractivity contribution is -0.385. The number of nitro groups is 2. The van der Waals surface area contributed by atoms with E-state index in [1.807, 2.05) is 0 Å². The summed E-state index contributed by atoms with van der Waals surface area (Å²) in [7, 11) is -3.78. The maximum Gasteiger partial charge on any atom is 0.508 e. The number of carbonyl (C=O) groups is 4. The zero-order valence-corrected chi connectivity index (χ0v) is 22.8. The molecule has 3 rings (SSSR count). The maximum absolute atomic E-state index is 12.5. The molecule has 0 aliphatic carbocycles. The number of β-lactam (4-membered cyclic amide) rings is 1. The van der Waals surface area contributed by atoms with Gasteiger partial charge in [0.1, 0.15) is 31.5 Å². The number of nitrogens with one attached hydrogen (secondary N) is 1. The van der Waals surface area contributed by atoms with Crippen LogP contribution in [0.3, 0.4) is 0 Å². The van der Waals surface area contributed by atoms with Crippen LogP contribution in [0.5, 0.6) is 0 Å². The number of sulfone groups is 1. The molecular formula is C25H25N3O13S. The van der Waals surface area contributed by atoms with Crippen molar-refractivity contribution < 1.29 is 51.7 Å². The van der Waals surface area contributed by atoms with Crippen molar-refractivity contribution >= 4 is 45.0 Å². The van der Waals surface area contributed by atoms with Crippen molar-refractivity contribution in [3.63, 3.8) is 0 Å². The zero-order valence-electron chi connectivity index (χ0n) is 22.0. The molecule has 0 saturated carbocycles. The molecule has 0 spiro atoms. The molecular weight excluding hydrogens is 582 g/mol. The number of non-ortho nitro benzene ring substituents is 2. The van der Waals surface area contributed by atoms with Crippen LogP contribution in [0.1, 0.15) is 24.0 Å². The van der Waals surface area contributed by atoms with Gasteiger partial charge in [0, 0.05) is 36.9 Å². The summed E-state index contributed by atoms with van der Waals surface area (Å²) in [4.78, 5) is 69.5. The van der Waals surface area contributed by atoms with E-state index in [1.165, 1.54) is 48.5 Å². The summed E-state index contributed by atoms with van der Waals surface area (Å²) in [5, 5.41) is 23.9. The van der Waals surface area contributed by atoms with Crippen LogP contribution in [0.4, 0.5) is 16.2 Å². The molecule has 2 aromatic rings. The zero-order chi connectivity index (χ0) is 31.0. The van der Waals surface area contributed by atoms with Crippen LogP contribution in [0.25, 0.3) is 0 Å². The average Bonchev–Trinajstić information content (AvgIpc) is 2.89. The first kappa shape index (κ1) is 31.6. The van der Waals surface area contributed by atoms with Gasteiger partial charge in [0.05, 0.1) is 27.6 Å². The van der Waals surface area contributed by atoms with E-state index in [-0.39, 0.29) is 31.0 Å². The van der Waals surface area contributed by atoms with E-state index in [2.05, 4.69) is 5.32 Å². The fourth-order valence-corrected chi connectivity index (χ4v) is 4.86. The smallest absolute Gasteiger partial charge is 0.460 e. The van der Waals surface area contributed by atoms with E-state index in [9.17, 15) is 47.8 Å². The Bertz CT molecular complexity index is 1470. The maximum atomic E-state index is 12.5. The number of esters is 1. The predicted molar refractivity (Wildman–Crippen MR) is 140 cm³/mol. The monoisotopic (exact) mass is 607 g/mol. The number of ether oxygens (including phenoxy) is 3. The van der Waals surface area contributed by atoms with Crippen molar-refractivity contribution in [1.82, 2.24) is 5.32 Å². The molecule has 42 heavy (non-hydrogen) atoms. The van der Waals surface area contributed by atoms with Gasteiger partial charge in [0.15, 0.2) is 9.84 Å². The number of benzene rings is 2. The van der Waals surface area contributed by atoms with Gasteiger partial charge in [0.25, 0.3) is 11.4 Å². The van der Waals surface area contributed by atoms with Gasteiger partial charge in [-0.3, -0.25) is 34.6 Å². The highest BCUT2D eigenvalue weighted by molar-refractivity contribution is 7.90. The molecule has 0 radical (unpaired) electrons. The molecule has 1 aliphatic rings. The molecule has 0 bridgehead atoms. The summed E-state index contributed by atoms with van der Waals surface area (Å²) in [6.07, 6.45) is -3.00. The van der Waals surface area contributed by atoms with Crippen molar-refractivity contribution in [1.29, 1.82) is 0 Å². The molecule has 1 amide bonds. The number of Topliss-reactive ketones (excluding diaryl/α,β-unsaturated/α-hetero) is 1. The molecule has 3 atom stereocenters. The number of amides is 1. The summed E-state index contributed by atoms with van der Waals surface area (Å²) in [5.74, 6) is -4.19. The van der Waals surface area contributed by atoms with Crippen LogP contribution >= 0.6 is 0 Å². The van der Waals surface area contributed by atoms with Crippen LogP contribution < -0.4 is 5.32 Å². The van der Waals surface area contributed by atoms with E-state index in [0.29, 0.717) is 11.1 Å². The van der Waals surface area contributed by atoms with Gasteiger partial charge in [-0.05, 0) is 35.4 Å². The van der Waals surface area contributed by atoms with Gasteiger partial charge in [-0.1, -0.05) is 0 Å². The van der Waals surface area contributed by atoms with Crippen LogP contribution in [0, 0.1) is 26.1 Å². The Balaban J connectivity index is 1.54. The number of hydrogen-bond acceptors (Lipinski definition) is 13. The van der Waals surface area contributed by atoms with Gasteiger partial charge in [0.2, 0.25) is 5.91 Å². The lowest BCUT2D eigenvalue weighted by Crippen LogP contribution is -2.64. The Morgan fingerprint density at radius 2 is 1.40 bits per heavy atom. The average molecular weight is 608 g/mol. The Kier molecular flexibility index (Phi) is 10.2. The minimum atomic E-state index is -3.78. The molecule has 17 heteroatoms. The van der Waals surface area contributed by atoms with Gasteiger partial charge >= 0.3 is 12.1 Å². The number of nitro benzene ring substituents is 2. The summed E-state index contributed by atoms with van der Waals surface area (Å²) < 4.78 is 39.1. The molecule has 1 saturated heterocycles. The number of rotatable bonds is 14. The summed E-state index contributed by atoms with van der Waals surface area (Å²) in [6, 6.07) is 9.38. The lowest BCUT2D eigenvalue weighted by Gasteiger charge is -2.40. The number of hydrogen-bond donors (Lipinski definition) is 1. The van der Waals surface area contributed by atoms with Crippen LogP contribution in [-0.2, 0) is 51.6 Å². The Labute approximate surface area is 238 Å². The predicted octanol–water partition coefficient (Wildman–Crippen LogP) is 1.78. The third-order valence-corrected chi connectivity index (χ3v) is 6.95. The van der Waals surface area contributed by atoms with Crippen LogP contribution in [0.2, 0.25) is 0 Å². The molecule has 1 aliphatic heterocycles. The normalized spacial score (nSPS) is 16.7. The third-order valence-electron chi connectivity index (χ3n) is 6.02. The molecule has 0 unspecified atom stereocenters. The fraction of sp³-hybridized carbons (Fsp3) is 0.360. The molecule has 1 heterocycles. The van der Waals surface area contributed by atoms with Crippen molar-refractivity contribution in [3.05, 3.63) is 79.9 Å². The van der Waals surface area contributed by atoms with Crippen LogP contribution in [-0.4, -0.2) is 66.2 Å².